The molecule has 2 heterocycles. The first-order valence-electron chi connectivity index (χ1n) is 19.5. The molecule has 0 saturated heterocycles. The van der Waals surface area contributed by atoms with Crippen molar-refractivity contribution in [2.75, 3.05) is 0 Å². The fourth-order valence-corrected chi connectivity index (χ4v) is 7.85. The number of alkyl halides is 6. The molecule has 0 aliphatic rings. The quantitative estimate of drug-likeness (QED) is 0.152. The summed E-state index contributed by atoms with van der Waals surface area (Å²) in [5, 5.41) is 40.6. The third-order valence-corrected chi connectivity index (χ3v) is 10.8. The summed E-state index contributed by atoms with van der Waals surface area (Å²) in [4.78, 5) is 14.6. The van der Waals surface area contributed by atoms with Crippen LogP contribution in [0.4, 0.5) is 26.3 Å². The first-order chi connectivity index (χ1) is 31.3. The van der Waals surface area contributed by atoms with E-state index in [1.54, 1.807) is 12.1 Å². The van der Waals surface area contributed by atoms with Gasteiger partial charge in [-0.1, -0.05) is 72.8 Å². The number of nitriles is 4. The maximum absolute atomic E-state index is 14.3. The van der Waals surface area contributed by atoms with Crippen LogP contribution in [0.1, 0.15) is 33.4 Å². The zero-order valence-corrected chi connectivity index (χ0v) is 33.2. The van der Waals surface area contributed by atoms with E-state index in [2.05, 4.69) is 12.1 Å². The molecule has 0 spiro atoms. The first-order valence-corrected chi connectivity index (χ1v) is 19.5. The normalized spacial score (nSPS) is 11.5. The van der Waals surface area contributed by atoms with Gasteiger partial charge in [0.05, 0.1) is 74.4 Å². The fourth-order valence-electron chi connectivity index (χ4n) is 7.85. The molecule has 0 saturated carbocycles. The number of hydrogen-bond acceptors (Lipinski definition) is 7. The average molecular weight is 863 g/mol. The van der Waals surface area contributed by atoms with Crippen molar-refractivity contribution in [3.63, 3.8) is 0 Å². The smallest absolute Gasteiger partial charge is 0.308 e. The van der Waals surface area contributed by atoms with Crippen molar-refractivity contribution in [1.82, 2.24) is 19.5 Å². The highest BCUT2D eigenvalue weighted by Crippen LogP contribution is 2.47. The predicted molar refractivity (Wildman–Crippen MR) is 230 cm³/mol. The van der Waals surface area contributed by atoms with Gasteiger partial charge in [-0.05, 0) is 72.8 Å². The second kappa shape index (κ2) is 16.0. The van der Waals surface area contributed by atoms with Crippen molar-refractivity contribution in [3.05, 3.63) is 179 Å². The van der Waals surface area contributed by atoms with Crippen molar-refractivity contribution < 1.29 is 26.3 Å². The van der Waals surface area contributed by atoms with Crippen molar-refractivity contribution in [3.8, 4) is 86.4 Å². The maximum atomic E-state index is 14.3. The molecule has 65 heavy (non-hydrogen) atoms. The Morgan fingerprint density at radius 2 is 0.800 bits per heavy atom. The van der Waals surface area contributed by atoms with E-state index in [0.29, 0.717) is 16.7 Å². The molecular weight excluding hydrogens is 839 g/mol. The zero-order chi connectivity index (χ0) is 45.6. The summed E-state index contributed by atoms with van der Waals surface area (Å²) in [5.74, 6) is 0.701. The Hall–Kier alpha value is -9.11. The number of rotatable bonds is 6. The Labute approximate surface area is 365 Å². The van der Waals surface area contributed by atoms with Gasteiger partial charge in [0, 0.05) is 49.7 Å². The van der Waals surface area contributed by atoms with E-state index in [4.69, 9.17) is 15.0 Å². The summed E-state index contributed by atoms with van der Waals surface area (Å²) in [5.41, 5.74) is 0.728. The fraction of sp³-hybridized carbons (Fsp3) is 0.0392. The van der Waals surface area contributed by atoms with Gasteiger partial charge >= 0.3 is 12.4 Å². The van der Waals surface area contributed by atoms with Crippen LogP contribution in [0, 0.1) is 45.3 Å². The molecule has 0 bridgehead atoms. The predicted octanol–water partition coefficient (Wildman–Crippen LogP) is 12.8. The molecule has 7 aromatic carbocycles. The minimum atomic E-state index is -4.86. The van der Waals surface area contributed by atoms with Crippen LogP contribution in [0.2, 0.25) is 0 Å². The second-order valence-electron chi connectivity index (χ2n) is 14.7. The summed E-state index contributed by atoms with van der Waals surface area (Å²) in [6.45, 7) is 0. The average Bonchev–Trinajstić information content (AvgIpc) is 3.65. The molecule has 0 unspecified atom stereocenters. The van der Waals surface area contributed by atoms with E-state index < -0.39 is 23.5 Å². The number of hydrogen-bond donors (Lipinski definition) is 0. The molecule has 0 radical (unpaired) electrons. The van der Waals surface area contributed by atoms with Gasteiger partial charge in [0.25, 0.3) is 0 Å². The van der Waals surface area contributed by atoms with Crippen LogP contribution in [0.3, 0.4) is 0 Å². The van der Waals surface area contributed by atoms with E-state index in [1.807, 2.05) is 72.8 Å². The molecule has 0 aliphatic heterocycles. The van der Waals surface area contributed by atoms with Crippen LogP contribution in [-0.4, -0.2) is 19.5 Å². The molecule has 0 N–H and O–H groups in total. The largest absolute Gasteiger partial charge is 0.416 e. The highest BCUT2D eigenvalue weighted by Gasteiger charge is 2.34. The number of aromatic nitrogens is 4. The van der Waals surface area contributed by atoms with Gasteiger partial charge in [-0.3, -0.25) is 0 Å². The molecule has 0 aliphatic carbocycles. The Morgan fingerprint density at radius 3 is 1.17 bits per heavy atom. The minimum Gasteiger partial charge on any atom is -0.308 e. The van der Waals surface area contributed by atoms with E-state index in [1.165, 1.54) is 41.0 Å². The highest BCUT2D eigenvalue weighted by molar-refractivity contribution is 6.11. The molecule has 0 amide bonds. The van der Waals surface area contributed by atoms with Gasteiger partial charge in [0.2, 0.25) is 0 Å². The number of fused-ring (bicyclic) bond motifs is 3. The van der Waals surface area contributed by atoms with Crippen LogP contribution in [-0.2, 0) is 12.4 Å². The molecule has 9 aromatic rings. The van der Waals surface area contributed by atoms with Crippen LogP contribution in [0.15, 0.2) is 146 Å². The first kappa shape index (κ1) is 41.3. The third kappa shape index (κ3) is 7.52. The lowest BCUT2D eigenvalue weighted by atomic mass is 9.88. The molecule has 310 valence electrons. The van der Waals surface area contributed by atoms with E-state index in [0.717, 1.165) is 36.4 Å². The standard InChI is InChI=1S/C51H24F6N8/c52-50(53,54)36-13-17-44-40(23-36)41-24-37(51(55,56)57)14-18-45(41)65(44)46-42(38-15-11-29(25-58)19-34(38)27-60)21-33(22-43(46)39-16-12-30(26-59)20-35(39)28-61)49-63-47(31-7-3-1-4-8-31)62-48(64-49)32-9-5-2-6-10-32/h1-24H. The van der Waals surface area contributed by atoms with E-state index >= 15 is 0 Å². The zero-order valence-electron chi connectivity index (χ0n) is 33.2. The van der Waals surface area contributed by atoms with Crippen LogP contribution < -0.4 is 0 Å². The molecule has 8 nitrogen and oxygen atoms in total. The van der Waals surface area contributed by atoms with Gasteiger partial charge in [-0.2, -0.15) is 47.4 Å². The van der Waals surface area contributed by atoms with Gasteiger partial charge in [-0.15, -0.1) is 0 Å². The highest BCUT2D eigenvalue weighted by atomic mass is 19.4. The maximum Gasteiger partial charge on any atom is 0.416 e. The number of benzene rings is 7. The second-order valence-corrected chi connectivity index (χ2v) is 14.7. The van der Waals surface area contributed by atoms with Crippen molar-refractivity contribution in [2.45, 2.75) is 12.4 Å². The lowest BCUT2D eigenvalue weighted by Crippen LogP contribution is -2.06. The third-order valence-electron chi connectivity index (χ3n) is 10.8. The van der Waals surface area contributed by atoms with Crippen molar-refractivity contribution >= 4 is 21.8 Å². The Morgan fingerprint density at radius 1 is 0.400 bits per heavy atom. The van der Waals surface area contributed by atoms with E-state index in [-0.39, 0.29) is 89.5 Å². The summed E-state index contributed by atoms with van der Waals surface area (Å²) in [7, 11) is 0. The number of nitrogens with zero attached hydrogens (tertiary/aromatic N) is 8. The molecule has 2 aromatic heterocycles. The van der Waals surface area contributed by atoms with Gasteiger partial charge in [0.15, 0.2) is 17.5 Å². The van der Waals surface area contributed by atoms with Crippen molar-refractivity contribution in [2.24, 2.45) is 0 Å². The van der Waals surface area contributed by atoms with Gasteiger partial charge in [0.1, 0.15) is 0 Å². The Balaban J connectivity index is 1.49. The summed E-state index contributed by atoms with van der Waals surface area (Å²) < 4.78 is 87.6. The lowest BCUT2D eigenvalue weighted by Gasteiger charge is -2.22. The Bertz CT molecular complexity index is 3340. The van der Waals surface area contributed by atoms with Crippen molar-refractivity contribution in [1.29, 1.82) is 21.0 Å². The number of halogens is 6. The lowest BCUT2D eigenvalue weighted by molar-refractivity contribution is -0.138. The van der Waals surface area contributed by atoms with Crippen LogP contribution >= 0.6 is 0 Å². The Kier molecular flexibility index (Phi) is 10.1. The molecule has 14 heteroatoms. The monoisotopic (exact) mass is 862 g/mol. The van der Waals surface area contributed by atoms with Gasteiger partial charge in [-0.25, -0.2) is 15.0 Å². The molecule has 0 atom stereocenters. The van der Waals surface area contributed by atoms with Gasteiger partial charge < -0.3 is 4.57 Å². The summed E-state index contributed by atoms with van der Waals surface area (Å²) in [6, 6.07) is 44.0. The topological polar surface area (TPSA) is 139 Å². The summed E-state index contributed by atoms with van der Waals surface area (Å²) >= 11 is 0. The van der Waals surface area contributed by atoms with E-state index in [9.17, 15) is 47.4 Å². The molecule has 0 fully saturated rings. The molecular formula is C51H24F6N8. The van der Waals surface area contributed by atoms with Crippen LogP contribution in [0.25, 0.3) is 83.9 Å². The summed E-state index contributed by atoms with van der Waals surface area (Å²) in [6.07, 6.45) is -9.73. The SMILES string of the molecule is N#Cc1ccc(-c2cc(-c3nc(-c4ccccc4)nc(-c4ccccc4)n3)cc(-c3ccc(C#N)cc3C#N)c2-n2c3ccc(C(F)(F)F)cc3c3cc(C(F)(F)F)ccc32)c(C#N)c1. The molecule has 9 rings (SSSR count). The minimum absolute atomic E-state index is 0.00110. The van der Waals surface area contributed by atoms with Crippen LogP contribution in [0.5, 0.6) is 0 Å².